The predicted molar refractivity (Wildman–Crippen MR) is 66.4 cm³/mol. The third kappa shape index (κ3) is 3.11. The number of carbonyl (C=O) groups excluding carboxylic acids is 2. The topological polar surface area (TPSA) is 66.6 Å². The predicted octanol–water partition coefficient (Wildman–Crippen LogP) is 1.03. The molecule has 5 nitrogen and oxygen atoms in total. The number of rotatable bonds is 3. The van der Waals surface area contributed by atoms with E-state index in [1.807, 2.05) is 20.8 Å². The Morgan fingerprint density at radius 3 is 2.35 bits per heavy atom. The second-order valence-corrected chi connectivity index (χ2v) is 4.63. The molecule has 1 fully saturated rings. The molecule has 1 rings (SSSR count). The SMILES string of the molecule is CCN(CC)C(=O)N1CC(C(N)=O)CCC1C. The fourth-order valence-corrected chi connectivity index (χ4v) is 2.28. The molecule has 5 heteroatoms. The van der Waals surface area contributed by atoms with Gasteiger partial charge in [-0.15, -0.1) is 0 Å². The molecular formula is C12H23N3O2. The first-order chi connectivity index (χ1) is 8.01. The molecule has 1 aliphatic heterocycles. The first-order valence-corrected chi connectivity index (χ1v) is 6.36. The molecule has 0 aromatic rings. The van der Waals surface area contributed by atoms with Gasteiger partial charge in [0.05, 0.1) is 5.92 Å². The van der Waals surface area contributed by atoms with Crippen LogP contribution in [0.5, 0.6) is 0 Å². The molecule has 0 bridgehead atoms. The summed E-state index contributed by atoms with van der Waals surface area (Å²) in [6.45, 7) is 7.80. The highest BCUT2D eigenvalue weighted by atomic mass is 16.2. The zero-order valence-corrected chi connectivity index (χ0v) is 11.0. The molecule has 0 aromatic heterocycles. The largest absolute Gasteiger partial charge is 0.369 e. The van der Waals surface area contributed by atoms with Crippen LogP contribution in [-0.4, -0.2) is 47.4 Å². The quantitative estimate of drug-likeness (QED) is 0.802. The summed E-state index contributed by atoms with van der Waals surface area (Å²) in [7, 11) is 0. The zero-order chi connectivity index (χ0) is 13.0. The molecule has 1 saturated heterocycles. The molecule has 2 atom stereocenters. The summed E-state index contributed by atoms with van der Waals surface area (Å²) in [6, 6.07) is 0.215. The molecule has 2 unspecified atom stereocenters. The van der Waals surface area contributed by atoms with E-state index >= 15 is 0 Å². The van der Waals surface area contributed by atoms with Gasteiger partial charge in [-0.25, -0.2) is 4.79 Å². The highest BCUT2D eigenvalue weighted by molar-refractivity contribution is 5.79. The molecular weight excluding hydrogens is 218 g/mol. The Kier molecular flexibility index (Phi) is 4.78. The Hall–Kier alpha value is -1.26. The van der Waals surface area contributed by atoms with Crippen LogP contribution < -0.4 is 5.73 Å². The Balaban J connectivity index is 2.72. The smallest absolute Gasteiger partial charge is 0.320 e. The van der Waals surface area contributed by atoms with Crippen LogP contribution in [-0.2, 0) is 4.79 Å². The summed E-state index contributed by atoms with van der Waals surface area (Å²) in [5, 5.41) is 0. The first kappa shape index (κ1) is 13.8. The Morgan fingerprint density at radius 1 is 1.29 bits per heavy atom. The van der Waals surface area contributed by atoms with E-state index in [2.05, 4.69) is 0 Å². The van der Waals surface area contributed by atoms with Crippen LogP contribution in [0.4, 0.5) is 4.79 Å². The number of nitrogens with zero attached hydrogens (tertiary/aromatic N) is 2. The minimum absolute atomic E-state index is 0.0217. The Morgan fingerprint density at radius 2 is 1.88 bits per heavy atom. The van der Waals surface area contributed by atoms with Crippen molar-refractivity contribution in [3.05, 3.63) is 0 Å². The van der Waals surface area contributed by atoms with E-state index in [0.717, 1.165) is 12.8 Å². The maximum absolute atomic E-state index is 12.2. The molecule has 1 heterocycles. The van der Waals surface area contributed by atoms with Crippen molar-refractivity contribution in [1.82, 2.24) is 9.80 Å². The van der Waals surface area contributed by atoms with Crippen LogP contribution in [0.1, 0.15) is 33.6 Å². The van der Waals surface area contributed by atoms with E-state index in [-0.39, 0.29) is 23.9 Å². The monoisotopic (exact) mass is 241 g/mol. The number of likely N-dealkylation sites (tertiary alicyclic amines) is 1. The van der Waals surface area contributed by atoms with Crippen molar-refractivity contribution in [3.8, 4) is 0 Å². The van der Waals surface area contributed by atoms with Gasteiger partial charge in [-0.05, 0) is 33.6 Å². The standard InChI is InChI=1S/C12H23N3O2/c1-4-14(5-2)12(17)15-8-10(11(13)16)7-6-9(15)3/h9-10H,4-8H2,1-3H3,(H2,13,16). The molecule has 0 radical (unpaired) electrons. The molecule has 0 aromatic carbocycles. The van der Waals surface area contributed by atoms with Gasteiger partial charge >= 0.3 is 6.03 Å². The highest BCUT2D eigenvalue weighted by Crippen LogP contribution is 2.22. The van der Waals surface area contributed by atoms with Crippen molar-refractivity contribution in [2.45, 2.75) is 39.7 Å². The van der Waals surface area contributed by atoms with E-state index in [4.69, 9.17) is 5.73 Å². The van der Waals surface area contributed by atoms with Gasteiger partial charge in [0.25, 0.3) is 0 Å². The van der Waals surface area contributed by atoms with Crippen LogP contribution in [0.3, 0.4) is 0 Å². The summed E-state index contributed by atoms with van der Waals surface area (Å²) in [5.41, 5.74) is 5.33. The van der Waals surface area contributed by atoms with Gasteiger partial charge in [-0.1, -0.05) is 0 Å². The van der Waals surface area contributed by atoms with Crippen LogP contribution in [0.15, 0.2) is 0 Å². The fraction of sp³-hybridized carbons (Fsp3) is 0.833. The van der Waals surface area contributed by atoms with Gasteiger partial charge in [0.1, 0.15) is 0 Å². The van der Waals surface area contributed by atoms with E-state index < -0.39 is 0 Å². The average molecular weight is 241 g/mol. The number of carbonyl (C=O) groups is 2. The maximum Gasteiger partial charge on any atom is 0.320 e. The van der Waals surface area contributed by atoms with E-state index in [0.29, 0.717) is 19.6 Å². The summed E-state index contributed by atoms with van der Waals surface area (Å²) in [5.74, 6) is -0.486. The lowest BCUT2D eigenvalue weighted by molar-refractivity contribution is -0.123. The van der Waals surface area contributed by atoms with E-state index in [9.17, 15) is 9.59 Å². The summed E-state index contributed by atoms with van der Waals surface area (Å²) in [4.78, 5) is 27.0. The van der Waals surface area contributed by atoms with Gasteiger partial charge in [-0.2, -0.15) is 0 Å². The van der Waals surface area contributed by atoms with Gasteiger partial charge in [0, 0.05) is 25.7 Å². The van der Waals surface area contributed by atoms with E-state index in [1.54, 1.807) is 9.80 Å². The maximum atomic E-state index is 12.2. The average Bonchev–Trinajstić information content (AvgIpc) is 2.30. The van der Waals surface area contributed by atoms with Gasteiger partial charge in [0.15, 0.2) is 0 Å². The lowest BCUT2D eigenvalue weighted by atomic mass is 9.93. The lowest BCUT2D eigenvalue weighted by Gasteiger charge is -2.39. The summed E-state index contributed by atoms with van der Waals surface area (Å²) < 4.78 is 0. The minimum atomic E-state index is -0.297. The molecule has 0 aliphatic carbocycles. The third-order valence-corrected chi connectivity index (χ3v) is 3.56. The van der Waals surface area contributed by atoms with Gasteiger partial charge in [0.2, 0.25) is 5.91 Å². The Labute approximate surface area is 103 Å². The first-order valence-electron chi connectivity index (χ1n) is 6.36. The third-order valence-electron chi connectivity index (χ3n) is 3.56. The van der Waals surface area contributed by atoms with Crippen molar-refractivity contribution in [2.75, 3.05) is 19.6 Å². The summed E-state index contributed by atoms with van der Waals surface area (Å²) in [6.07, 6.45) is 1.64. The van der Waals surface area contributed by atoms with Crippen LogP contribution in [0.2, 0.25) is 0 Å². The second-order valence-electron chi connectivity index (χ2n) is 4.63. The molecule has 1 aliphatic rings. The fourth-order valence-electron chi connectivity index (χ4n) is 2.28. The van der Waals surface area contributed by atoms with Crippen molar-refractivity contribution >= 4 is 11.9 Å². The molecule has 17 heavy (non-hydrogen) atoms. The number of nitrogens with two attached hydrogens (primary N) is 1. The van der Waals surface area contributed by atoms with Crippen molar-refractivity contribution in [3.63, 3.8) is 0 Å². The number of piperidine rings is 1. The van der Waals surface area contributed by atoms with Gasteiger partial charge < -0.3 is 15.5 Å². The van der Waals surface area contributed by atoms with Crippen LogP contribution in [0, 0.1) is 5.92 Å². The zero-order valence-electron chi connectivity index (χ0n) is 11.0. The minimum Gasteiger partial charge on any atom is -0.369 e. The van der Waals surface area contributed by atoms with Gasteiger partial charge in [-0.3, -0.25) is 4.79 Å². The van der Waals surface area contributed by atoms with Crippen molar-refractivity contribution < 1.29 is 9.59 Å². The highest BCUT2D eigenvalue weighted by Gasteiger charge is 2.32. The van der Waals surface area contributed by atoms with Crippen molar-refractivity contribution in [1.29, 1.82) is 0 Å². The van der Waals surface area contributed by atoms with Crippen molar-refractivity contribution in [2.24, 2.45) is 11.7 Å². The number of primary amides is 1. The van der Waals surface area contributed by atoms with Crippen LogP contribution >= 0.6 is 0 Å². The number of amides is 3. The second kappa shape index (κ2) is 5.89. The normalized spacial score (nSPS) is 24.5. The molecule has 3 amide bonds. The Bertz CT molecular complexity index is 289. The number of hydrogen-bond acceptors (Lipinski definition) is 2. The summed E-state index contributed by atoms with van der Waals surface area (Å²) >= 11 is 0. The molecule has 0 saturated carbocycles. The number of urea groups is 1. The molecule has 98 valence electrons. The molecule has 2 N–H and O–H groups in total. The van der Waals surface area contributed by atoms with E-state index in [1.165, 1.54) is 0 Å². The molecule has 0 spiro atoms. The number of hydrogen-bond donors (Lipinski definition) is 1. The lowest BCUT2D eigenvalue weighted by Crippen LogP contribution is -2.53. The van der Waals surface area contributed by atoms with Crippen LogP contribution in [0.25, 0.3) is 0 Å².